The van der Waals surface area contributed by atoms with Gasteiger partial charge >= 0.3 is 0 Å². The summed E-state index contributed by atoms with van der Waals surface area (Å²) >= 11 is 0. The molecule has 1 N–H and O–H groups in total. The van der Waals surface area contributed by atoms with Crippen molar-refractivity contribution in [1.29, 1.82) is 0 Å². The van der Waals surface area contributed by atoms with E-state index in [1.165, 1.54) is 16.7 Å². The van der Waals surface area contributed by atoms with Crippen LogP contribution in [0.5, 0.6) is 0 Å². The lowest BCUT2D eigenvalue weighted by atomic mass is 9.87. The molecule has 1 atom stereocenters. The summed E-state index contributed by atoms with van der Waals surface area (Å²) in [6, 6.07) is 18.7. The van der Waals surface area contributed by atoms with Crippen LogP contribution in [0.15, 0.2) is 67.0 Å². The molecule has 1 aliphatic carbocycles. The lowest BCUT2D eigenvalue weighted by Gasteiger charge is -2.26. The SMILES string of the molecule is Cc1ccc(-c2cncc(C(=O)NC3CCCc4ccccc43)c2)cc1. The second kappa shape index (κ2) is 7.12. The summed E-state index contributed by atoms with van der Waals surface area (Å²) in [4.78, 5) is 17.1. The highest BCUT2D eigenvalue weighted by Crippen LogP contribution is 2.29. The molecule has 2 aromatic carbocycles. The number of carbonyl (C=O) groups is 1. The van der Waals surface area contributed by atoms with Gasteiger partial charge < -0.3 is 5.32 Å². The van der Waals surface area contributed by atoms with Crippen LogP contribution in [-0.4, -0.2) is 10.9 Å². The molecule has 3 heteroatoms. The lowest BCUT2D eigenvalue weighted by molar-refractivity contribution is 0.0932. The molecule has 1 heterocycles. The molecule has 0 aliphatic heterocycles. The van der Waals surface area contributed by atoms with Crippen molar-refractivity contribution in [1.82, 2.24) is 10.3 Å². The molecule has 0 radical (unpaired) electrons. The van der Waals surface area contributed by atoms with E-state index < -0.39 is 0 Å². The van der Waals surface area contributed by atoms with E-state index >= 15 is 0 Å². The standard InChI is InChI=1S/C23H22N2O/c1-16-9-11-17(12-10-16)19-13-20(15-24-14-19)23(26)25-22-8-4-6-18-5-2-3-7-21(18)22/h2-3,5,7,9-15,22H,4,6,8H2,1H3,(H,25,26). The number of aryl methyl sites for hydroxylation is 2. The predicted molar refractivity (Wildman–Crippen MR) is 104 cm³/mol. The van der Waals surface area contributed by atoms with Crippen molar-refractivity contribution in [3.8, 4) is 11.1 Å². The lowest BCUT2D eigenvalue weighted by Crippen LogP contribution is -2.31. The Morgan fingerprint density at radius 2 is 1.85 bits per heavy atom. The van der Waals surface area contributed by atoms with E-state index in [-0.39, 0.29) is 11.9 Å². The number of nitrogens with one attached hydrogen (secondary N) is 1. The summed E-state index contributed by atoms with van der Waals surface area (Å²) in [5, 5.41) is 3.20. The summed E-state index contributed by atoms with van der Waals surface area (Å²) in [5.74, 6) is -0.0619. The Morgan fingerprint density at radius 3 is 2.69 bits per heavy atom. The Kier molecular flexibility index (Phi) is 4.53. The third kappa shape index (κ3) is 3.38. The van der Waals surface area contributed by atoms with Crippen LogP contribution in [0.1, 0.15) is 45.9 Å². The summed E-state index contributed by atoms with van der Waals surface area (Å²) in [5.41, 5.74) is 6.44. The molecular weight excluding hydrogens is 320 g/mol. The fourth-order valence-electron chi connectivity index (χ4n) is 3.61. The molecule has 26 heavy (non-hydrogen) atoms. The van der Waals surface area contributed by atoms with Gasteiger partial charge in [-0.1, -0.05) is 54.1 Å². The van der Waals surface area contributed by atoms with Crippen molar-refractivity contribution in [3.63, 3.8) is 0 Å². The third-order valence-electron chi connectivity index (χ3n) is 5.06. The highest BCUT2D eigenvalue weighted by Gasteiger charge is 2.22. The molecule has 0 bridgehead atoms. The Balaban J connectivity index is 1.56. The van der Waals surface area contributed by atoms with Crippen LogP contribution in [0.4, 0.5) is 0 Å². The first-order valence-corrected chi connectivity index (χ1v) is 9.11. The van der Waals surface area contributed by atoms with E-state index in [2.05, 4.69) is 59.7 Å². The number of hydrogen-bond acceptors (Lipinski definition) is 2. The number of amides is 1. The maximum atomic E-state index is 12.8. The average molecular weight is 342 g/mol. The first kappa shape index (κ1) is 16.5. The molecule has 0 spiro atoms. The number of pyridine rings is 1. The first-order chi connectivity index (χ1) is 12.7. The number of aromatic nitrogens is 1. The van der Waals surface area contributed by atoms with Crippen LogP contribution in [-0.2, 0) is 6.42 Å². The second-order valence-corrected chi connectivity index (χ2v) is 6.95. The van der Waals surface area contributed by atoms with Gasteiger partial charge in [-0.2, -0.15) is 0 Å². The molecule has 0 saturated carbocycles. The minimum Gasteiger partial charge on any atom is -0.345 e. The van der Waals surface area contributed by atoms with E-state index in [0.29, 0.717) is 5.56 Å². The topological polar surface area (TPSA) is 42.0 Å². The van der Waals surface area contributed by atoms with Gasteiger partial charge in [-0.05, 0) is 48.9 Å². The summed E-state index contributed by atoms with van der Waals surface area (Å²) < 4.78 is 0. The minimum absolute atomic E-state index is 0.0619. The van der Waals surface area contributed by atoms with Gasteiger partial charge in [0.25, 0.3) is 5.91 Å². The Labute approximate surface area is 154 Å². The van der Waals surface area contributed by atoms with E-state index in [1.54, 1.807) is 12.4 Å². The maximum Gasteiger partial charge on any atom is 0.253 e. The van der Waals surface area contributed by atoms with Crippen molar-refractivity contribution in [2.75, 3.05) is 0 Å². The second-order valence-electron chi connectivity index (χ2n) is 6.95. The maximum absolute atomic E-state index is 12.8. The molecule has 3 aromatic rings. The molecule has 0 fully saturated rings. The molecular formula is C23H22N2O. The fourth-order valence-corrected chi connectivity index (χ4v) is 3.61. The molecule has 1 aliphatic rings. The third-order valence-corrected chi connectivity index (χ3v) is 5.06. The van der Waals surface area contributed by atoms with Crippen LogP contribution >= 0.6 is 0 Å². The van der Waals surface area contributed by atoms with E-state index in [9.17, 15) is 4.79 Å². The van der Waals surface area contributed by atoms with Crippen LogP contribution in [0.2, 0.25) is 0 Å². The molecule has 1 aromatic heterocycles. The van der Waals surface area contributed by atoms with Gasteiger partial charge in [0.1, 0.15) is 0 Å². The van der Waals surface area contributed by atoms with Crippen molar-refractivity contribution < 1.29 is 4.79 Å². The highest BCUT2D eigenvalue weighted by atomic mass is 16.1. The van der Waals surface area contributed by atoms with Gasteiger partial charge in [0.2, 0.25) is 0 Å². The molecule has 1 unspecified atom stereocenters. The van der Waals surface area contributed by atoms with Crippen molar-refractivity contribution in [3.05, 3.63) is 89.2 Å². The largest absolute Gasteiger partial charge is 0.345 e. The quantitative estimate of drug-likeness (QED) is 0.738. The summed E-state index contributed by atoms with van der Waals surface area (Å²) in [7, 11) is 0. The van der Waals surface area contributed by atoms with Gasteiger partial charge in [0.05, 0.1) is 11.6 Å². The van der Waals surface area contributed by atoms with Crippen LogP contribution < -0.4 is 5.32 Å². The number of carbonyl (C=O) groups excluding carboxylic acids is 1. The molecule has 130 valence electrons. The van der Waals surface area contributed by atoms with Gasteiger partial charge in [-0.3, -0.25) is 9.78 Å². The van der Waals surface area contributed by atoms with Crippen molar-refractivity contribution >= 4 is 5.91 Å². The van der Waals surface area contributed by atoms with Crippen molar-refractivity contribution in [2.24, 2.45) is 0 Å². The smallest absolute Gasteiger partial charge is 0.253 e. The molecule has 1 amide bonds. The van der Waals surface area contributed by atoms with E-state index in [0.717, 1.165) is 30.4 Å². The minimum atomic E-state index is -0.0619. The zero-order chi connectivity index (χ0) is 17.9. The Bertz CT molecular complexity index is 931. The number of hydrogen-bond donors (Lipinski definition) is 1. The van der Waals surface area contributed by atoms with Crippen molar-refractivity contribution in [2.45, 2.75) is 32.2 Å². The first-order valence-electron chi connectivity index (χ1n) is 9.11. The fraction of sp³-hybridized carbons (Fsp3) is 0.217. The average Bonchev–Trinajstić information content (AvgIpc) is 2.69. The van der Waals surface area contributed by atoms with E-state index in [4.69, 9.17) is 0 Å². The summed E-state index contributed by atoms with van der Waals surface area (Å²) in [6.45, 7) is 2.06. The number of benzene rings is 2. The molecule has 4 rings (SSSR count). The van der Waals surface area contributed by atoms with E-state index in [1.807, 2.05) is 12.1 Å². The number of fused-ring (bicyclic) bond motifs is 1. The molecule has 0 saturated heterocycles. The highest BCUT2D eigenvalue weighted by molar-refractivity contribution is 5.95. The Morgan fingerprint density at radius 1 is 1.04 bits per heavy atom. The van der Waals surface area contributed by atoms with Crippen LogP contribution in [0.25, 0.3) is 11.1 Å². The monoisotopic (exact) mass is 342 g/mol. The zero-order valence-corrected chi connectivity index (χ0v) is 14.9. The van der Waals surface area contributed by atoms with Gasteiger partial charge in [0, 0.05) is 18.0 Å². The molecule has 3 nitrogen and oxygen atoms in total. The number of rotatable bonds is 3. The Hall–Kier alpha value is -2.94. The van der Waals surface area contributed by atoms with Gasteiger partial charge in [-0.25, -0.2) is 0 Å². The van der Waals surface area contributed by atoms with Crippen LogP contribution in [0, 0.1) is 6.92 Å². The van der Waals surface area contributed by atoms with Crippen LogP contribution in [0.3, 0.4) is 0 Å². The predicted octanol–water partition coefficient (Wildman–Crippen LogP) is 4.86. The number of nitrogens with zero attached hydrogens (tertiary/aromatic N) is 1. The summed E-state index contributed by atoms with van der Waals surface area (Å²) in [6.07, 6.45) is 6.61. The van der Waals surface area contributed by atoms with Gasteiger partial charge in [-0.15, -0.1) is 0 Å². The zero-order valence-electron chi connectivity index (χ0n) is 14.9. The normalized spacial score (nSPS) is 16.0. The van der Waals surface area contributed by atoms with Gasteiger partial charge in [0.15, 0.2) is 0 Å².